The molecule has 196 valence electrons. The average molecular weight is 508 g/mol. The zero-order chi connectivity index (χ0) is 25.4. The van der Waals surface area contributed by atoms with Crippen LogP contribution >= 0.6 is 0 Å². The second-order valence-corrected chi connectivity index (χ2v) is 9.91. The Bertz CT molecular complexity index is 892. The van der Waals surface area contributed by atoms with Crippen LogP contribution in [0.25, 0.3) is 0 Å². The zero-order valence-electron chi connectivity index (χ0n) is 19.7. The van der Waals surface area contributed by atoms with Crippen LogP contribution in [0.15, 0.2) is 18.2 Å². The zero-order valence-corrected chi connectivity index (χ0v) is 19.7. The van der Waals surface area contributed by atoms with Crippen molar-refractivity contribution in [1.82, 2.24) is 9.80 Å². The monoisotopic (exact) mass is 507 g/mol. The van der Waals surface area contributed by atoms with Crippen LogP contribution in [0.3, 0.4) is 0 Å². The number of rotatable bonds is 4. The number of amides is 1. The number of likely N-dealkylation sites (tertiary alicyclic amines) is 2. The summed E-state index contributed by atoms with van der Waals surface area (Å²) in [7, 11) is 0. The third kappa shape index (κ3) is 5.65. The number of hydrogen-bond donors (Lipinski definition) is 0. The molecule has 0 saturated carbocycles. The van der Waals surface area contributed by atoms with Gasteiger partial charge in [-0.05, 0) is 69.2 Å². The molecule has 3 aliphatic rings. The van der Waals surface area contributed by atoms with E-state index in [2.05, 4.69) is 39.7 Å². The Kier molecular flexibility index (Phi) is 7.19. The maximum absolute atomic E-state index is 12.8. The first-order chi connectivity index (χ1) is 16.4. The van der Waals surface area contributed by atoms with E-state index < -0.39 is 24.5 Å². The topological polar surface area (TPSA) is 36.0 Å². The lowest BCUT2D eigenvalue weighted by Crippen LogP contribution is -2.54. The number of aryl methyl sites for hydroxylation is 1. The number of hydrogen-bond acceptors (Lipinski definition) is 4. The van der Waals surface area contributed by atoms with Crippen molar-refractivity contribution in [2.45, 2.75) is 76.0 Å². The first-order valence-corrected chi connectivity index (χ1v) is 12.1. The fourth-order valence-electron chi connectivity index (χ4n) is 5.67. The van der Waals surface area contributed by atoms with E-state index in [0.717, 1.165) is 56.8 Å². The van der Waals surface area contributed by atoms with E-state index in [-0.39, 0.29) is 18.6 Å². The third-order valence-corrected chi connectivity index (χ3v) is 7.56. The van der Waals surface area contributed by atoms with Gasteiger partial charge in [0.2, 0.25) is 0 Å². The van der Waals surface area contributed by atoms with Crippen molar-refractivity contribution >= 4 is 11.8 Å². The molecule has 0 bridgehead atoms. The van der Waals surface area contributed by atoms with Gasteiger partial charge in [-0.2, -0.15) is 26.3 Å². The summed E-state index contributed by atoms with van der Waals surface area (Å²) in [6, 6.07) is 6.45. The molecule has 3 aliphatic heterocycles. The fourth-order valence-corrected chi connectivity index (χ4v) is 5.67. The number of nitrogens with zero attached hydrogens (tertiary/aromatic N) is 3. The number of piperidine rings is 1. The van der Waals surface area contributed by atoms with Crippen LogP contribution in [0, 0.1) is 6.92 Å². The molecule has 4 rings (SSSR count). The van der Waals surface area contributed by atoms with Gasteiger partial charge < -0.3 is 14.5 Å². The molecule has 0 atom stereocenters. The predicted octanol–water partition coefficient (Wildman–Crippen LogP) is 5.66. The van der Waals surface area contributed by atoms with E-state index in [0.29, 0.717) is 12.8 Å². The summed E-state index contributed by atoms with van der Waals surface area (Å²) >= 11 is 0. The van der Waals surface area contributed by atoms with Crippen LogP contribution in [-0.4, -0.2) is 72.6 Å². The van der Waals surface area contributed by atoms with Crippen LogP contribution in [0.4, 0.5) is 36.8 Å². The highest BCUT2D eigenvalue weighted by atomic mass is 19.4. The second kappa shape index (κ2) is 9.71. The van der Waals surface area contributed by atoms with Crippen molar-refractivity contribution in [2.75, 3.05) is 37.6 Å². The Morgan fingerprint density at radius 3 is 2.17 bits per heavy atom. The predicted molar refractivity (Wildman–Crippen MR) is 118 cm³/mol. The molecule has 11 heteroatoms. The molecule has 5 nitrogen and oxygen atoms in total. The van der Waals surface area contributed by atoms with Crippen LogP contribution in [0.2, 0.25) is 0 Å². The number of ether oxygens (including phenoxy) is 1. The van der Waals surface area contributed by atoms with E-state index in [1.54, 1.807) is 0 Å². The van der Waals surface area contributed by atoms with Gasteiger partial charge in [0.1, 0.15) is 0 Å². The van der Waals surface area contributed by atoms with Gasteiger partial charge in [-0.1, -0.05) is 12.1 Å². The van der Waals surface area contributed by atoms with Gasteiger partial charge in [-0.25, -0.2) is 4.79 Å². The van der Waals surface area contributed by atoms with Crippen LogP contribution < -0.4 is 4.90 Å². The average Bonchev–Trinajstić information content (AvgIpc) is 3.43. The molecule has 35 heavy (non-hydrogen) atoms. The smallest absolute Gasteiger partial charge is 0.426 e. The fraction of sp³-hybridized carbons (Fsp3) is 0.708. The van der Waals surface area contributed by atoms with Gasteiger partial charge in [-0.3, -0.25) is 4.90 Å². The van der Waals surface area contributed by atoms with Crippen molar-refractivity contribution in [3.8, 4) is 0 Å². The molecule has 3 saturated heterocycles. The first kappa shape index (κ1) is 25.9. The Hall–Kier alpha value is -2.17. The maximum Gasteiger partial charge on any atom is 0.434 e. The van der Waals surface area contributed by atoms with E-state index in [1.165, 1.54) is 16.8 Å². The van der Waals surface area contributed by atoms with Gasteiger partial charge in [0.15, 0.2) is 0 Å². The van der Waals surface area contributed by atoms with Crippen molar-refractivity contribution in [1.29, 1.82) is 0 Å². The molecule has 1 spiro atoms. The van der Waals surface area contributed by atoms with Gasteiger partial charge >= 0.3 is 18.4 Å². The molecule has 0 N–H and O–H groups in total. The highest BCUT2D eigenvalue weighted by Gasteiger charge is 2.60. The molecule has 0 aliphatic carbocycles. The quantitative estimate of drug-likeness (QED) is 0.493. The van der Waals surface area contributed by atoms with Crippen LogP contribution in [0.5, 0.6) is 0 Å². The SMILES string of the molecule is Cc1ccc(CN2CCCC23CCN(C(=O)OC(C(F)(F)F)C(F)(F)F)CC3)c(N2CCCC2)c1. The maximum atomic E-state index is 12.8. The molecule has 0 radical (unpaired) electrons. The molecule has 1 amide bonds. The summed E-state index contributed by atoms with van der Waals surface area (Å²) in [4.78, 5) is 17.9. The third-order valence-electron chi connectivity index (χ3n) is 7.56. The lowest BCUT2D eigenvalue weighted by Gasteiger charge is -2.45. The molecule has 1 aromatic rings. The minimum absolute atomic E-state index is 0.0602. The standard InChI is InChI=1S/C24H31F6N3O2/c1-17-5-6-18(19(15-17)31-10-2-3-11-31)16-33-12-4-7-22(33)8-13-32(14-9-22)21(34)35-20(23(25,26)27)24(28,29)30/h5-6,15,20H,2-4,7-14,16H2,1H3. The van der Waals surface area contributed by atoms with Crippen molar-refractivity contribution in [3.05, 3.63) is 29.3 Å². The van der Waals surface area contributed by atoms with Crippen LogP contribution in [-0.2, 0) is 11.3 Å². The number of benzene rings is 1. The molecule has 0 unspecified atom stereocenters. The van der Waals surface area contributed by atoms with Gasteiger partial charge in [-0.15, -0.1) is 0 Å². The minimum Gasteiger partial charge on any atom is -0.426 e. The molecule has 1 aromatic carbocycles. The normalized spacial score (nSPS) is 21.4. The second-order valence-electron chi connectivity index (χ2n) is 9.91. The van der Waals surface area contributed by atoms with Crippen LogP contribution in [0.1, 0.15) is 49.7 Å². The van der Waals surface area contributed by atoms with E-state index >= 15 is 0 Å². The van der Waals surface area contributed by atoms with E-state index in [4.69, 9.17) is 0 Å². The number of carbonyl (C=O) groups is 1. The Morgan fingerprint density at radius 2 is 1.57 bits per heavy atom. The van der Waals surface area contributed by atoms with Crippen molar-refractivity contribution in [3.63, 3.8) is 0 Å². The summed E-state index contributed by atoms with van der Waals surface area (Å²) in [5.41, 5.74) is 3.42. The largest absolute Gasteiger partial charge is 0.434 e. The Morgan fingerprint density at radius 1 is 0.943 bits per heavy atom. The highest BCUT2D eigenvalue weighted by Crippen LogP contribution is 2.41. The molecular weight excluding hydrogens is 476 g/mol. The minimum atomic E-state index is -5.71. The van der Waals surface area contributed by atoms with Gasteiger partial charge in [0, 0.05) is 44.0 Å². The van der Waals surface area contributed by atoms with Crippen molar-refractivity contribution < 1.29 is 35.9 Å². The summed E-state index contributed by atoms with van der Waals surface area (Å²) in [5, 5.41) is 0. The summed E-state index contributed by atoms with van der Waals surface area (Å²) in [6.07, 6.45) is -12.0. The molecule has 3 fully saturated rings. The highest BCUT2D eigenvalue weighted by molar-refractivity contribution is 5.68. The first-order valence-electron chi connectivity index (χ1n) is 12.1. The van der Waals surface area contributed by atoms with E-state index in [1.807, 2.05) is 0 Å². The lowest BCUT2D eigenvalue weighted by molar-refractivity contribution is -0.308. The van der Waals surface area contributed by atoms with Gasteiger partial charge in [0.25, 0.3) is 6.10 Å². The van der Waals surface area contributed by atoms with Crippen molar-refractivity contribution in [2.24, 2.45) is 0 Å². The number of halogens is 6. The Labute approximate surface area is 201 Å². The number of alkyl halides is 6. The van der Waals surface area contributed by atoms with E-state index in [9.17, 15) is 31.1 Å². The molecular formula is C24H31F6N3O2. The number of carbonyl (C=O) groups excluding carboxylic acids is 1. The number of anilines is 1. The lowest BCUT2D eigenvalue weighted by atomic mass is 9.84. The summed E-state index contributed by atoms with van der Waals surface area (Å²) in [6.45, 7) is 5.82. The summed E-state index contributed by atoms with van der Waals surface area (Å²) < 4.78 is 80.6. The molecule has 0 aromatic heterocycles. The Balaban J connectivity index is 1.42. The molecule has 3 heterocycles. The summed E-state index contributed by atoms with van der Waals surface area (Å²) in [5.74, 6) is 0. The van der Waals surface area contributed by atoms with Gasteiger partial charge in [0.05, 0.1) is 0 Å².